The maximum atomic E-state index is 6.39. The molecule has 2 N–H and O–H groups in total. The van der Waals surface area contributed by atoms with Crippen LogP contribution in [0.5, 0.6) is 0 Å². The van der Waals surface area contributed by atoms with Gasteiger partial charge in [0.15, 0.2) is 0 Å². The van der Waals surface area contributed by atoms with E-state index in [9.17, 15) is 0 Å². The summed E-state index contributed by atoms with van der Waals surface area (Å²) in [4.78, 5) is 0. The zero-order valence-electron chi connectivity index (χ0n) is 10.9. The summed E-state index contributed by atoms with van der Waals surface area (Å²) in [5.41, 5.74) is 9.48. The molecule has 0 radical (unpaired) electrons. The Morgan fingerprint density at radius 1 is 1.26 bits per heavy atom. The molecule has 0 spiro atoms. The first-order valence-electron chi connectivity index (χ1n) is 6.51. The molecule has 0 bridgehead atoms. The number of fused-ring (bicyclic) bond motifs is 1. The monoisotopic (exact) mass is 255 g/mol. The van der Waals surface area contributed by atoms with Gasteiger partial charge in [-0.1, -0.05) is 13.0 Å². The number of nitrogens with zero attached hydrogens (tertiary/aromatic N) is 4. The van der Waals surface area contributed by atoms with E-state index >= 15 is 0 Å². The van der Waals surface area contributed by atoms with Crippen molar-refractivity contribution in [3.63, 3.8) is 0 Å². The van der Waals surface area contributed by atoms with E-state index < -0.39 is 0 Å². The van der Waals surface area contributed by atoms with Gasteiger partial charge in [-0.3, -0.25) is 4.68 Å². The zero-order valence-corrected chi connectivity index (χ0v) is 10.9. The molecule has 1 unspecified atom stereocenters. The number of hydrogen-bond acceptors (Lipinski definition) is 3. The van der Waals surface area contributed by atoms with Gasteiger partial charge in [0.2, 0.25) is 0 Å². The molecule has 0 saturated heterocycles. The Balaban J connectivity index is 2.03. The fraction of sp³-hybridized carbons (Fsp3) is 0.286. The molecule has 0 amide bonds. The second-order valence-corrected chi connectivity index (χ2v) is 4.59. The van der Waals surface area contributed by atoms with Crippen LogP contribution >= 0.6 is 0 Å². The number of aryl methyl sites for hydroxylation is 1. The van der Waals surface area contributed by atoms with Crippen molar-refractivity contribution >= 4 is 5.52 Å². The standard InChI is InChI=1S/C14H17N5/c1-2-8-18-13(6-7-16-18)14(15)11-10-17-19-9-4-3-5-12(11)19/h3-7,9-10,14H,2,8,15H2,1H3. The molecule has 0 fully saturated rings. The Kier molecular flexibility index (Phi) is 3.05. The third-order valence-corrected chi connectivity index (χ3v) is 3.29. The summed E-state index contributed by atoms with van der Waals surface area (Å²) in [5.74, 6) is 0. The van der Waals surface area contributed by atoms with Crippen LogP contribution in [0.15, 0.2) is 42.9 Å². The lowest BCUT2D eigenvalue weighted by Gasteiger charge is -2.13. The summed E-state index contributed by atoms with van der Waals surface area (Å²) in [6.45, 7) is 3.02. The Bertz CT molecular complexity index is 682. The molecular weight excluding hydrogens is 238 g/mol. The summed E-state index contributed by atoms with van der Waals surface area (Å²) in [7, 11) is 0. The minimum atomic E-state index is -0.200. The van der Waals surface area contributed by atoms with Crippen LogP contribution in [0.3, 0.4) is 0 Å². The van der Waals surface area contributed by atoms with Crippen LogP contribution in [0.4, 0.5) is 0 Å². The van der Waals surface area contributed by atoms with Crippen LogP contribution < -0.4 is 5.73 Å². The van der Waals surface area contributed by atoms with Gasteiger partial charge >= 0.3 is 0 Å². The van der Waals surface area contributed by atoms with E-state index in [2.05, 4.69) is 17.1 Å². The minimum Gasteiger partial charge on any atom is -0.319 e. The molecule has 5 heteroatoms. The van der Waals surface area contributed by atoms with Gasteiger partial charge in [0.1, 0.15) is 0 Å². The lowest BCUT2D eigenvalue weighted by molar-refractivity contribution is 0.560. The Morgan fingerprint density at radius 2 is 2.16 bits per heavy atom. The van der Waals surface area contributed by atoms with Crippen LogP contribution in [0, 0.1) is 0 Å². The SMILES string of the molecule is CCCn1nccc1C(N)c1cnn2ccccc12. The molecule has 3 rings (SSSR count). The van der Waals surface area contributed by atoms with Crippen LogP contribution in [0.1, 0.15) is 30.6 Å². The highest BCUT2D eigenvalue weighted by Gasteiger charge is 2.17. The number of hydrogen-bond donors (Lipinski definition) is 1. The van der Waals surface area contributed by atoms with Gasteiger partial charge in [-0.2, -0.15) is 10.2 Å². The summed E-state index contributed by atoms with van der Waals surface area (Å²) >= 11 is 0. The van der Waals surface area contributed by atoms with Crippen molar-refractivity contribution in [1.29, 1.82) is 0 Å². The van der Waals surface area contributed by atoms with E-state index in [0.29, 0.717) is 0 Å². The fourth-order valence-electron chi connectivity index (χ4n) is 2.36. The maximum absolute atomic E-state index is 6.39. The number of pyridine rings is 1. The van der Waals surface area contributed by atoms with Crippen molar-refractivity contribution < 1.29 is 0 Å². The first kappa shape index (κ1) is 11.9. The third-order valence-electron chi connectivity index (χ3n) is 3.29. The molecule has 19 heavy (non-hydrogen) atoms. The number of aromatic nitrogens is 4. The van der Waals surface area contributed by atoms with E-state index in [1.165, 1.54) is 0 Å². The molecule has 0 aliphatic rings. The van der Waals surface area contributed by atoms with Gasteiger partial charge in [0, 0.05) is 24.5 Å². The van der Waals surface area contributed by atoms with Gasteiger partial charge in [0.05, 0.1) is 23.4 Å². The van der Waals surface area contributed by atoms with Gasteiger partial charge in [-0.05, 0) is 24.6 Å². The summed E-state index contributed by atoms with van der Waals surface area (Å²) in [5, 5.41) is 8.66. The van der Waals surface area contributed by atoms with E-state index in [-0.39, 0.29) is 6.04 Å². The van der Waals surface area contributed by atoms with E-state index in [0.717, 1.165) is 29.7 Å². The maximum Gasteiger partial charge on any atom is 0.0760 e. The highest BCUT2D eigenvalue weighted by Crippen LogP contribution is 2.23. The molecule has 0 aliphatic carbocycles. The van der Waals surface area contributed by atoms with Crippen LogP contribution in [-0.4, -0.2) is 19.4 Å². The van der Waals surface area contributed by atoms with Gasteiger partial charge in [-0.15, -0.1) is 0 Å². The van der Waals surface area contributed by atoms with Gasteiger partial charge in [-0.25, -0.2) is 4.52 Å². The molecule has 1 atom stereocenters. The van der Waals surface area contributed by atoms with Crippen LogP contribution in [0.25, 0.3) is 5.52 Å². The first-order chi connectivity index (χ1) is 9.31. The van der Waals surface area contributed by atoms with Crippen molar-refractivity contribution in [3.05, 3.63) is 54.1 Å². The van der Waals surface area contributed by atoms with E-state index in [1.54, 1.807) is 6.20 Å². The second-order valence-electron chi connectivity index (χ2n) is 4.59. The van der Waals surface area contributed by atoms with Crippen molar-refractivity contribution in [3.8, 4) is 0 Å². The molecular formula is C14H17N5. The summed E-state index contributed by atoms with van der Waals surface area (Å²) in [6.07, 6.45) is 6.60. The van der Waals surface area contributed by atoms with Crippen LogP contribution in [0.2, 0.25) is 0 Å². The molecule has 0 aliphatic heterocycles. The minimum absolute atomic E-state index is 0.200. The van der Waals surface area contributed by atoms with Gasteiger partial charge < -0.3 is 5.73 Å². The Hall–Kier alpha value is -2.14. The predicted octanol–water partition coefficient (Wildman–Crippen LogP) is 1.99. The van der Waals surface area contributed by atoms with Crippen LogP contribution in [-0.2, 0) is 6.54 Å². The largest absolute Gasteiger partial charge is 0.319 e. The molecule has 98 valence electrons. The lowest BCUT2D eigenvalue weighted by atomic mass is 10.1. The summed E-state index contributed by atoms with van der Waals surface area (Å²) in [6, 6.07) is 7.76. The molecule has 0 saturated carbocycles. The Labute approximate surface area is 111 Å². The van der Waals surface area contributed by atoms with Crippen molar-refractivity contribution in [1.82, 2.24) is 19.4 Å². The van der Waals surface area contributed by atoms with Gasteiger partial charge in [0.25, 0.3) is 0 Å². The molecule has 5 nitrogen and oxygen atoms in total. The molecule has 0 aromatic carbocycles. The molecule has 3 aromatic heterocycles. The highest BCUT2D eigenvalue weighted by atomic mass is 15.3. The average molecular weight is 255 g/mol. The summed E-state index contributed by atoms with van der Waals surface area (Å²) < 4.78 is 3.81. The zero-order chi connectivity index (χ0) is 13.2. The number of nitrogens with two attached hydrogens (primary N) is 1. The van der Waals surface area contributed by atoms with Crippen molar-refractivity contribution in [2.24, 2.45) is 5.73 Å². The van der Waals surface area contributed by atoms with E-state index in [1.807, 2.05) is 45.9 Å². The quantitative estimate of drug-likeness (QED) is 0.775. The molecule has 3 heterocycles. The average Bonchev–Trinajstić information content (AvgIpc) is 3.04. The predicted molar refractivity (Wildman–Crippen MR) is 73.7 cm³/mol. The molecule has 3 aromatic rings. The Morgan fingerprint density at radius 3 is 3.00 bits per heavy atom. The second kappa shape index (κ2) is 4.85. The number of rotatable bonds is 4. The highest BCUT2D eigenvalue weighted by molar-refractivity contribution is 5.56. The fourth-order valence-corrected chi connectivity index (χ4v) is 2.36. The lowest BCUT2D eigenvalue weighted by Crippen LogP contribution is -2.17. The first-order valence-corrected chi connectivity index (χ1v) is 6.51. The van der Waals surface area contributed by atoms with Crippen molar-refractivity contribution in [2.75, 3.05) is 0 Å². The smallest absolute Gasteiger partial charge is 0.0760 e. The normalized spacial score (nSPS) is 12.9. The topological polar surface area (TPSA) is 61.1 Å². The third kappa shape index (κ3) is 2.02. The van der Waals surface area contributed by atoms with E-state index in [4.69, 9.17) is 5.73 Å². The van der Waals surface area contributed by atoms with Crippen molar-refractivity contribution in [2.45, 2.75) is 25.9 Å².